The maximum absolute atomic E-state index is 9.10. The highest BCUT2D eigenvalue weighted by atomic mass is 35.5. The number of hydrogen-bond donors (Lipinski definition) is 3. The van der Waals surface area contributed by atoms with Crippen molar-refractivity contribution in [3.8, 4) is 5.75 Å². The Labute approximate surface area is 132 Å². The van der Waals surface area contributed by atoms with Crippen LogP contribution in [0.15, 0.2) is 18.2 Å². The molecule has 20 heavy (non-hydrogen) atoms. The third-order valence-electron chi connectivity index (χ3n) is 2.56. The normalized spacial score (nSPS) is 11.8. The van der Waals surface area contributed by atoms with Crippen molar-refractivity contribution in [2.75, 3.05) is 26.2 Å². The number of hydrogen-bond acceptors (Lipinski definition) is 4. The Morgan fingerprint density at radius 1 is 1.30 bits per heavy atom. The van der Waals surface area contributed by atoms with Crippen molar-refractivity contribution < 1.29 is 9.84 Å². The van der Waals surface area contributed by atoms with Gasteiger partial charge < -0.3 is 20.5 Å². The minimum atomic E-state index is -0.308. The van der Waals surface area contributed by atoms with Crippen LogP contribution in [-0.2, 0) is 6.54 Å². The average molecular weight is 323 g/mol. The fourth-order valence-electron chi connectivity index (χ4n) is 1.69. The molecule has 0 saturated heterocycles. The van der Waals surface area contributed by atoms with Crippen LogP contribution in [0.1, 0.15) is 19.4 Å². The Balaban J connectivity index is 0.00000361. The van der Waals surface area contributed by atoms with Crippen molar-refractivity contribution in [1.29, 1.82) is 0 Å². The topological polar surface area (TPSA) is 53.5 Å². The zero-order chi connectivity index (χ0) is 14.1. The lowest BCUT2D eigenvalue weighted by Gasteiger charge is -2.12. The second-order valence-corrected chi connectivity index (χ2v) is 4.85. The summed E-state index contributed by atoms with van der Waals surface area (Å²) in [6.45, 7) is 7.34. The number of benzene rings is 1. The molecule has 1 rings (SSSR count). The quantitative estimate of drug-likeness (QED) is 0.610. The molecule has 0 radical (unpaired) electrons. The standard InChI is InChI=1S/C14H23ClN2O2.ClH/c1-3-19-14-5-4-13(15)8-12(14)10-17-7-6-16-9-11(2)18;/h4-5,8,11,16-18H,3,6-7,9-10H2,1-2H3;1H. The Bertz CT molecular complexity index is 376. The van der Waals surface area contributed by atoms with Gasteiger partial charge in [0.2, 0.25) is 0 Å². The van der Waals surface area contributed by atoms with Gasteiger partial charge in [0.1, 0.15) is 5.75 Å². The monoisotopic (exact) mass is 322 g/mol. The van der Waals surface area contributed by atoms with Crippen molar-refractivity contribution in [1.82, 2.24) is 10.6 Å². The Kier molecular flexibility index (Phi) is 10.9. The summed E-state index contributed by atoms with van der Waals surface area (Å²) in [5.74, 6) is 0.872. The minimum absolute atomic E-state index is 0. The van der Waals surface area contributed by atoms with Crippen molar-refractivity contribution in [2.45, 2.75) is 26.5 Å². The highest BCUT2D eigenvalue weighted by Crippen LogP contribution is 2.22. The third-order valence-corrected chi connectivity index (χ3v) is 2.79. The van der Waals surface area contributed by atoms with Crippen LogP contribution in [0.4, 0.5) is 0 Å². The van der Waals surface area contributed by atoms with Gasteiger partial charge in [-0.15, -0.1) is 12.4 Å². The molecule has 0 aliphatic carbocycles. The van der Waals surface area contributed by atoms with Gasteiger partial charge in [-0.3, -0.25) is 0 Å². The molecule has 0 bridgehead atoms. The predicted octanol–water partition coefficient (Wildman–Crippen LogP) is 2.22. The Hall–Kier alpha value is -0.520. The van der Waals surface area contributed by atoms with E-state index < -0.39 is 0 Å². The highest BCUT2D eigenvalue weighted by molar-refractivity contribution is 6.30. The number of ether oxygens (including phenoxy) is 1. The van der Waals surface area contributed by atoms with Crippen molar-refractivity contribution in [3.63, 3.8) is 0 Å². The SMILES string of the molecule is CCOc1ccc(Cl)cc1CNCCNCC(C)O.Cl. The Morgan fingerprint density at radius 2 is 2.00 bits per heavy atom. The van der Waals surface area contributed by atoms with Gasteiger partial charge in [0, 0.05) is 36.8 Å². The largest absolute Gasteiger partial charge is 0.494 e. The van der Waals surface area contributed by atoms with Crippen LogP contribution in [0.5, 0.6) is 5.75 Å². The molecule has 0 fully saturated rings. The lowest BCUT2D eigenvalue weighted by Crippen LogP contribution is -2.31. The molecule has 0 heterocycles. The van der Waals surface area contributed by atoms with E-state index in [0.29, 0.717) is 24.7 Å². The molecule has 0 spiro atoms. The third kappa shape index (κ3) is 7.92. The van der Waals surface area contributed by atoms with E-state index in [2.05, 4.69) is 10.6 Å². The van der Waals surface area contributed by atoms with Crippen LogP contribution in [0.25, 0.3) is 0 Å². The summed E-state index contributed by atoms with van der Waals surface area (Å²) < 4.78 is 5.55. The molecule has 116 valence electrons. The number of halogens is 2. The first-order chi connectivity index (χ1) is 9.13. The molecule has 1 atom stereocenters. The summed E-state index contributed by atoms with van der Waals surface area (Å²) in [6, 6.07) is 5.65. The summed E-state index contributed by atoms with van der Waals surface area (Å²) in [7, 11) is 0. The van der Waals surface area contributed by atoms with Gasteiger partial charge in [0.05, 0.1) is 12.7 Å². The van der Waals surface area contributed by atoms with Crippen molar-refractivity contribution >= 4 is 24.0 Å². The number of aliphatic hydroxyl groups excluding tert-OH is 1. The molecule has 1 unspecified atom stereocenters. The van der Waals surface area contributed by atoms with E-state index in [1.807, 2.05) is 25.1 Å². The summed E-state index contributed by atoms with van der Waals surface area (Å²) in [5.41, 5.74) is 1.06. The molecule has 4 nitrogen and oxygen atoms in total. The van der Waals surface area contributed by atoms with E-state index in [4.69, 9.17) is 21.4 Å². The smallest absolute Gasteiger partial charge is 0.123 e. The van der Waals surface area contributed by atoms with Crippen LogP contribution in [0.2, 0.25) is 5.02 Å². The van der Waals surface area contributed by atoms with Crippen LogP contribution in [0.3, 0.4) is 0 Å². The van der Waals surface area contributed by atoms with E-state index in [9.17, 15) is 0 Å². The second kappa shape index (κ2) is 11.2. The maximum Gasteiger partial charge on any atom is 0.123 e. The average Bonchev–Trinajstić information content (AvgIpc) is 2.36. The maximum atomic E-state index is 9.10. The van der Waals surface area contributed by atoms with Gasteiger partial charge in [-0.2, -0.15) is 0 Å². The number of rotatable bonds is 9. The van der Waals surface area contributed by atoms with E-state index in [0.717, 1.165) is 24.4 Å². The number of aliphatic hydroxyl groups is 1. The molecular weight excluding hydrogens is 299 g/mol. The van der Waals surface area contributed by atoms with Crippen LogP contribution >= 0.6 is 24.0 Å². The number of nitrogens with one attached hydrogen (secondary N) is 2. The van der Waals surface area contributed by atoms with Crippen molar-refractivity contribution in [3.05, 3.63) is 28.8 Å². The first-order valence-corrected chi connectivity index (χ1v) is 7.02. The molecule has 3 N–H and O–H groups in total. The van der Waals surface area contributed by atoms with E-state index in [1.54, 1.807) is 6.92 Å². The highest BCUT2D eigenvalue weighted by Gasteiger charge is 2.04. The van der Waals surface area contributed by atoms with E-state index >= 15 is 0 Å². The minimum Gasteiger partial charge on any atom is -0.494 e. The lowest BCUT2D eigenvalue weighted by atomic mass is 10.2. The summed E-state index contributed by atoms with van der Waals surface area (Å²) in [5, 5.41) is 16.3. The van der Waals surface area contributed by atoms with E-state index in [1.165, 1.54) is 0 Å². The van der Waals surface area contributed by atoms with Gasteiger partial charge >= 0.3 is 0 Å². The Morgan fingerprint density at radius 3 is 2.65 bits per heavy atom. The lowest BCUT2D eigenvalue weighted by molar-refractivity contribution is 0.191. The summed E-state index contributed by atoms with van der Waals surface area (Å²) >= 11 is 5.99. The van der Waals surface area contributed by atoms with Gasteiger partial charge in [-0.1, -0.05) is 11.6 Å². The fraction of sp³-hybridized carbons (Fsp3) is 0.571. The molecule has 0 saturated carbocycles. The molecule has 0 aromatic heterocycles. The molecule has 0 amide bonds. The van der Waals surface area contributed by atoms with Gasteiger partial charge in [-0.05, 0) is 32.0 Å². The fourth-order valence-corrected chi connectivity index (χ4v) is 1.89. The zero-order valence-corrected chi connectivity index (χ0v) is 13.6. The molecule has 1 aromatic rings. The van der Waals surface area contributed by atoms with Crippen LogP contribution in [0, 0.1) is 0 Å². The summed E-state index contributed by atoms with van der Waals surface area (Å²) in [4.78, 5) is 0. The van der Waals surface area contributed by atoms with Gasteiger partial charge in [0.15, 0.2) is 0 Å². The van der Waals surface area contributed by atoms with Crippen LogP contribution < -0.4 is 15.4 Å². The predicted molar refractivity (Wildman–Crippen MR) is 86.1 cm³/mol. The van der Waals surface area contributed by atoms with Crippen molar-refractivity contribution in [2.24, 2.45) is 0 Å². The molecule has 0 aliphatic heterocycles. The van der Waals surface area contributed by atoms with E-state index in [-0.39, 0.29) is 18.5 Å². The van der Waals surface area contributed by atoms with Gasteiger partial charge in [-0.25, -0.2) is 0 Å². The second-order valence-electron chi connectivity index (χ2n) is 4.41. The van der Waals surface area contributed by atoms with Gasteiger partial charge in [0.25, 0.3) is 0 Å². The molecule has 0 aliphatic rings. The first kappa shape index (κ1) is 19.5. The molecule has 6 heteroatoms. The molecular formula is C14H24Cl2N2O2. The molecule has 1 aromatic carbocycles. The van der Waals surface area contributed by atoms with Crippen LogP contribution in [-0.4, -0.2) is 37.5 Å². The first-order valence-electron chi connectivity index (χ1n) is 6.64. The summed E-state index contributed by atoms with van der Waals surface area (Å²) in [6.07, 6.45) is -0.308. The zero-order valence-electron chi connectivity index (χ0n) is 12.0.